The first kappa shape index (κ1) is 12.9. The van der Waals surface area contributed by atoms with Crippen molar-refractivity contribution in [2.24, 2.45) is 5.41 Å². The van der Waals surface area contributed by atoms with Gasteiger partial charge < -0.3 is 11.1 Å². The summed E-state index contributed by atoms with van der Waals surface area (Å²) >= 11 is 0. The van der Waals surface area contributed by atoms with E-state index in [2.05, 4.69) is 12.2 Å². The lowest BCUT2D eigenvalue weighted by molar-refractivity contribution is -0.136. The Morgan fingerprint density at radius 2 is 2.00 bits per heavy atom. The topological polar surface area (TPSA) is 55.1 Å². The molecule has 0 aliphatic heterocycles. The van der Waals surface area contributed by atoms with Crippen LogP contribution >= 0.6 is 0 Å². The number of hydrogen-bond donors (Lipinski definition) is 2. The van der Waals surface area contributed by atoms with Crippen molar-refractivity contribution in [1.29, 1.82) is 0 Å². The van der Waals surface area contributed by atoms with E-state index in [0.717, 1.165) is 31.4 Å². The highest BCUT2D eigenvalue weighted by Crippen LogP contribution is 2.43. The van der Waals surface area contributed by atoms with E-state index in [0.29, 0.717) is 6.54 Å². The van der Waals surface area contributed by atoms with Gasteiger partial charge in [0.2, 0.25) is 5.91 Å². The average Bonchev–Trinajstić information content (AvgIpc) is 2.31. The maximum atomic E-state index is 12.1. The van der Waals surface area contributed by atoms with E-state index < -0.39 is 0 Å². The van der Waals surface area contributed by atoms with E-state index in [1.165, 1.54) is 12.0 Å². The standard InChI is InChI=1S/C15H22N2O/c1-2-15(9-3-10-15)14(18)17-11-8-12-4-6-13(16)7-5-12/h4-7H,2-3,8-11,16H2,1H3,(H,17,18). The zero-order chi connectivity index (χ0) is 13.0. The van der Waals surface area contributed by atoms with Crippen LogP contribution in [0.3, 0.4) is 0 Å². The lowest BCUT2D eigenvalue weighted by Gasteiger charge is -2.39. The summed E-state index contributed by atoms with van der Waals surface area (Å²) in [6.45, 7) is 2.82. The predicted molar refractivity (Wildman–Crippen MR) is 74.1 cm³/mol. The summed E-state index contributed by atoms with van der Waals surface area (Å²) < 4.78 is 0. The van der Waals surface area contributed by atoms with E-state index >= 15 is 0 Å². The lowest BCUT2D eigenvalue weighted by Crippen LogP contribution is -2.45. The van der Waals surface area contributed by atoms with Crippen molar-refractivity contribution >= 4 is 11.6 Å². The molecule has 1 aromatic rings. The van der Waals surface area contributed by atoms with Crippen LogP contribution in [-0.4, -0.2) is 12.5 Å². The van der Waals surface area contributed by atoms with Gasteiger partial charge in [0.15, 0.2) is 0 Å². The van der Waals surface area contributed by atoms with Crippen LogP contribution in [0.2, 0.25) is 0 Å². The SMILES string of the molecule is CCC1(C(=O)NCCc2ccc(N)cc2)CCC1. The van der Waals surface area contributed by atoms with Gasteiger partial charge in [0.05, 0.1) is 0 Å². The molecule has 1 aliphatic carbocycles. The number of carbonyl (C=O) groups is 1. The fourth-order valence-corrected chi connectivity index (χ4v) is 2.54. The molecule has 0 saturated heterocycles. The fraction of sp³-hybridized carbons (Fsp3) is 0.533. The summed E-state index contributed by atoms with van der Waals surface area (Å²) in [5, 5.41) is 3.07. The molecular weight excluding hydrogens is 224 g/mol. The Labute approximate surface area is 109 Å². The Bertz CT molecular complexity index is 401. The van der Waals surface area contributed by atoms with E-state index in [9.17, 15) is 4.79 Å². The van der Waals surface area contributed by atoms with Crippen molar-refractivity contribution in [3.63, 3.8) is 0 Å². The van der Waals surface area contributed by atoms with Crippen molar-refractivity contribution in [3.8, 4) is 0 Å². The summed E-state index contributed by atoms with van der Waals surface area (Å²) in [7, 11) is 0. The van der Waals surface area contributed by atoms with Crippen molar-refractivity contribution < 1.29 is 4.79 Å². The first-order valence-electron chi connectivity index (χ1n) is 6.79. The van der Waals surface area contributed by atoms with Crippen molar-refractivity contribution in [1.82, 2.24) is 5.32 Å². The highest BCUT2D eigenvalue weighted by atomic mass is 16.2. The van der Waals surface area contributed by atoms with Gasteiger partial charge in [0.1, 0.15) is 0 Å². The minimum atomic E-state index is -0.0544. The molecule has 3 nitrogen and oxygen atoms in total. The van der Waals surface area contributed by atoms with E-state index in [-0.39, 0.29) is 11.3 Å². The molecule has 0 aromatic heterocycles. The molecule has 0 heterocycles. The van der Waals surface area contributed by atoms with Gasteiger partial charge in [0.25, 0.3) is 0 Å². The van der Waals surface area contributed by atoms with Crippen LogP contribution in [0.5, 0.6) is 0 Å². The number of anilines is 1. The highest BCUT2D eigenvalue weighted by molar-refractivity contribution is 5.83. The number of benzene rings is 1. The van der Waals surface area contributed by atoms with Crippen LogP contribution < -0.4 is 11.1 Å². The molecule has 0 spiro atoms. The number of carbonyl (C=O) groups excluding carboxylic acids is 1. The molecule has 1 saturated carbocycles. The Balaban J connectivity index is 1.78. The zero-order valence-electron chi connectivity index (χ0n) is 11.0. The van der Waals surface area contributed by atoms with Gasteiger partial charge in [-0.25, -0.2) is 0 Å². The molecule has 1 aromatic carbocycles. The minimum Gasteiger partial charge on any atom is -0.399 e. The van der Waals surface area contributed by atoms with E-state index in [4.69, 9.17) is 5.73 Å². The van der Waals surface area contributed by atoms with E-state index in [1.54, 1.807) is 0 Å². The maximum Gasteiger partial charge on any atom is 0.226 e. The molecule has 3 N–H and O–H groups in total. The number of rotatable bonds is 5. The number of amides is 1. The van der Waals surface area contributed by atoms with Crippen molar-refractivity contribution in [3.05, 3.63) is 29.8 Å². The van der Waals surface area contributed by atoms with Gasteiger partial charge in [-0.3, -0.25) is 4.79 Å². The maximum absolute atomic E-state index is 12.1. The quantitative estimate of drug-likeness (QED) is 0.784. The van der Waals surface area contributed by atoms with Crippen LogP contribution in [-0.2, 0) is 11.2 Å². The number of nitrogens with two attached hydrogens (primary N) is 1. The minimum absolute atomic E-state index is 0.0544. The van der Waals surface area contributed by atoms with Gasteiger partial charge in [-0.05, 0) is 43.4 Å². The molecule has 0 radical (unpaired) electrons. The molecule has 0 atom stereocenters. The van der Waals surface area contributed by atoms with Gasteiger partial charge in [0, 0.05) is 17.6 Å². The second kappa shape index (κ2) is 5.42. The molecule has 1 amide bonds. The molecule has 0 bridgehead atoms. The molecule has 1 aliphatic rings. The third kappa shape index (κ3) is 2.66. The van der Waals surface area contributed by atoms with E-state index in [1.807, 2.05) is 24.3 Å². The monoisotopic (exact) mass is 246 g/mol. The van der Waals surface area contributed by atoms with Gasteiger partial charge in [-0.1, -0.05) is 25.5 Å². The summed E-state index contributed by atoms with van der Waals surface area (Å²) in [4.78, 5) is 12.1. The summed E-state index contributed by atoms with van der Waals surface area (Å²) in [6, 6.07) is 7.83. The molecule has 98 valence electrons. The normalized spacial score (nSPS) is 16.9. The molecule has 1 fully saturated rings. The van der Waals surface area contributed by atoms with Crippen molar-refractivity contribution in [2.45, 2.75) is 39.0 Å². The van der Waals surface area contributed by atoms with Crippen LogP contribution in [0.15, 0.2) is 24.3 Å². The van der Waals surface area contributed by atoms with Gasteiger partial charge in [-0.2, -0.15) is 0 Å². The first-order chi connectivity index (χ1) is 8.66. The first-order valence-corrected chi connectivity index (χ1v) is 6.79. The molecular formula is C15H22N2O. The van der Waals surface area contributed by atoms with Crippen LogP contribution in [0, 0.1) is 5.41 Å². The number of nitrogens with one attached hydrogen (secondary N) is 1. The largest absolute Gasteiger partial charge is 0.399 e. The number of hydrogen-bond acceptors (Lipinski definition) is 2. The second-order valence-corrected chi connectivity index (χ2v) is 5.23. The molecule has 3 heteroatoms. The Hall–Kier alpha value is -1.51. The van der Waals surface area contributed by atoms with Crippen LogP contribution in [0.4, 0.5) is 5.69 Å². The molecule has 2 rings (SSSR count). The Morgan fingerprint density at radius 3 is 2.50 bits per heavy atom. The Morgan fingerprint density at radius 1 is 1.33 bits per heavy atom. The Kier molecular flexibility index (Phi) is 3.90. The van der Waals surface area contributed by atoms with Crippen LogP contribution in [0.1, 0.15) is 38.2 Å². The molecule has 0 unspecified atom stereocenters. The smallest absolute Gasteiger partial charge is 0.226 e. The van der Waals surface area contributed by atoms with Crippen molar-refractivity contribution in [2.75, 3.05) is 12.3 Å². The number of nitrogen functional groups attached to an aromatic ring is 1. The zero-order valence-corrected chi connectivity index (χ0v) is 11.0. The second-order valence-electron chi connectivity index (χ2n) is 5.23. The fourth-order valence-electron chi connectivity index (χ4n) is 2.54. The summed E-state index contributed by atoms with van der Waals surface area (Å²) in [6.07, 6.45) is 5.13. The highest BCUT2D eigenvalue weighted by Gasteiger charge is 2.41. The van der Waals surface area contributed by atoms with Gasteiger partial charge in [-0.15, -0.1) is 0 Å². The summed E-state index contributed by atoms with van der Waals surface area (Å²) in [5.41, 5.74) is 7.57. The predicted octanol–water partition coefficient (Wildman–Crippen LogP) is 2.51. The summed E-state index contributed by atoms with van der Waals surface area (Å²) in [5.74, 6) is 0.242. The third-order valence-electron chi connectivity index (χ3n) is 4.15. The third-order valence-corrected chi connectivity index (χ3v) is 4.15. The average molecular weight is 246 g/mol. The molecule has 18 heavy (non-hydrogen) atoms. The lowest BCUT2D eigenvalue weighted by atomic mass is 9.66. The van der Waals surface area contributed by atoms with Crippen LogP contribution in [0.25, 0.3) is 0 Å². The van der Waals surface area contributed by atoms with Gasteiger partial charge >= 0.3 is 0 Å².